The molecule has 0 spiro atoms. The average Bonchev–Trinajstić information content (AvgIpc) is 2.64. The number of nitrogens with zero attached hydrogens (tertiary/aromatic N) is 1. The number of unbranched alkanes of at least 4 members (excludes halogenated alkanes) is 4. The fourth-order valence-corrected chi connectivity index (χ4v) is 2.54. The minimum Gasteiger partial charge on any atom is -0.481 e. The summed E-state index contributed by atoms with van der Waals surface area (Å²) in [6.45, 7) is 4.43. The molecule has 1 fully saturated rings. The topological polar surface area (TPSA) is 40.5 Å². The van der Waals surface area contributed by atoms with Gasteiger partial charge in [0.2, 0.25) is 0 Å². The summed E-state index contributed by atoms with van der Waals surface area (Å²) in [4.78, 5) is 13.1. The highest BCUT2D eigenvalue weighted by atomic mass is 16.4. The van der Waals surface area contributed by atoms with Gasteiger partial charge in [-0.2, -0.15) is 0 Å². The van der Waals surface area contributed by atoms with E-state index in [2.05, 4.69) is 11.8 Å². The summed E-state index contributed by atoms with van der Waals surface area (Å²) in [6.07, 6.45) is 9.04. The fourth-order valence-electron chi connectivity index (χ4n) is 2.54. The molecule has 1 N–H and O–H groups in total. The first-order chi connectivity index (χ1) is 7.74. The molecular weight excluding hydrogens is 202 g/mol. The van der Waals surface area contributed by atoms with Crippen LogP contribution in [0.3, 0.4) is 0 Å². The Balaban J connectivity index is 2.12. The molecule has 3 nitrogen and oxygen atoms in total. The molecule has 94 valence electrons. The van der Waals surface area contributed by atoms with Gasteiger partial charge in [0.15, 0.2) is 0 Å². The van der Waals surface area contributed by atoms with Crippen molar-refractivity contribution in [3.63, 3.8) is 0 Å². The number of likely N-dealkylation sites (tertiary alicyclic amines) is 1. The molecule has 1 rings (SSSR count). The predicted octanol–water partition coefficient (Wildman–Crippen LogP) is 2.90. The van der Waals surface area contributed by atoms with Crippen LogP contribution in [0.2, 0.25) is 0 Å². The monoisotopic (exact) mass is 227 g/mol. The molecule has 1 aliphatic rings. The Kier molecular flexibility index (Phi) is 6.46. The van der Waals surface area contributed by atoms with Crippen molar-refractivity contribution in [3.05, 3.63) is 0 Å². The molecule has 1 aliphatic heterocycles. The standard InChI is InChI=1S/C13H25NO2/c1-2-3-4-5-6-9-14-10-7-8-12(14)11-13(15)16/h12H,2-11H2,1H3,(H,15,16). The second-order valence-corrected chi connectivity index (χ2v) is 4.84. The van der Waals surface area contributed by atoms with Crippen molar-refractivity contribution in [1.82, 2.24) is 4.90 Å². The summed E-state index contributed by atoms with van der Waals surface area (Å²) in [5, 5.41) is 8.81. The van der Waals surface area contributed by atoms with Crippen molar-refractivity contribution in [2.75, 3.05) is 13.1 Å². The number of carboxylic acid groups (broad SMARTS) is 1. The molecular formula is C13H25NO2. The van der Waals surface area contributed by atoms with Gasteiger partial charge in [0.05, 0.1) is 6.42 Å². The molecule has 0 aromatic heterocycles. The Hall–Kier alpha value is -0.570. The zero-order valence-corrected chi connectivity index (χ0v) is 10.5. The van der Waals surface area contributed by atoms with E-state index in [0.717, 1.165) is 19.5 Å². The zero-order chi connectivity index (χ0) is 11.8. The number of rotatable bonds is 8. The van der Waals surface area contributed by atoms with Gasteiger partial charge in [-0.05, 0) is 32.4 Å². The van der Waals surface area contributed by atoms with E-state index >= 15 is 0 Å². The van der Waals surface area contributed by atoms with Crippen LogP contribution in [0, 0.1) is 0 Å². The van der Waals surface area contributed by atoms with Crippen LogP contribution in [0.1, 0.15) is 58.3 Å². The summed E-state index contributed by atoms with van der Waals surface area (Å²) in [5.41, 5.74) is 0. The van der Waals surface area contributed by atoms with Crippen molar-refractivity contribution >= 4 is 5.97 Å². The first-order valence-electron chi connectivity index (χ1n) is 6.70. The van der Waals surface area contributed by atoms with Gasteiger partial charge >= 0.3 is 5.97 Å². The molecule has 1 atom stereocenters. The molecule has 1 heterocycles. The van der Waals surface area contributed by atoms with Crippen LogP contribution in [0.5, 0.6) is 0 Å². The highest BCUT2D eigenvalue weighted by molar-refractivity contribution is 5.67. The summed E-state index contributed by atoms with van der Waals surface area (Å²) >= 11 is 0. The van der Waals surface area contributed by atoms with Crippen molar-refractivity contribution < 1.29 is 9.90 Å². The molecule has 1 unspecified atom stereocenters. The molecule has 0 saturated carbocycles. The Bertz CT molecular complexity index is 206. The SMILES string of the molecule is CCCCCCCN1CCCC1CC(=O)O. The lowest BCUT2D eigenvalue weighted by atomic mass is 10.1. The van der Waals surface area contributed by atoms with Gasteiger partial charge < -0.3 is 5.11 Å². The Morgan fingerprint density at radius 2 is 2.06 bits per heavy atom. The largest absolute Gasteiger partial charge is 0.481 e. The van der Waals surface area contributed by atoms with E-state index in [1.807, 2.05) is 0 Å². The normalized spacial score (nSPS) is 21.4. The van der Waals surface area contributed by atoms with E-state index in [4.69, 9.17) is 5.11 Å². The zero-order valence-electron chi connectivity index (χ0n) is 10.5. The predicted molar refractivity (Wildman–Crippen MR) is 65.6 cm³/mol. The molecule has 1 saturated heterocycles. The highest BCUT2D eigenvalue weighted by Crippen LogP contribution is 2.20. The molecule has 16 heavy (non-hydrogen) atoms. The van der Waals surface area contributed by atoms with Crippen molar-refractivity contribution in [2.24, 2.45) is 0 Å². The second kappa shape index (κ2) is 7.66. The van der Waals surface area contributed by atoms with Gasteiger partial charge in [0, 0.05) is 6.04 Å². The first-order valence-corrected chi connectivity index (χ1v) is 6.70. The van der Waals surface area contributed by atoms with Gasteiger partial charge in [-0.15, -0.1) is 0 Å². The minimum atomic E-state index is -0.650. The van der Waals surface area contributed by atoms with Crippen molar-refractivity contribution in [1.29, 1.82) is 0 Å². The second-order valence-electron chi connectivity index (χ2n) is 4.84. The number of hydrogen-bond acceptors (Lipinski definition) is 2. The summed E-state index contributed by atoms with van der Waals surface area (Å²) in [7, 11) is 0. The lowest BCUT2D eigenvalue weighted by molar-refractivity contribution is -0.138. The first kappa shape index (κ1) is 13.5. The van der Waals surface area contributed by atoms with Crippen molar-refractivity contribution in [2.45, 2.75) is 64.3 Å². The summed E-state index contributed by atoms with van der Waals surface area (Å²) in [6, 6.07) is 0.309. The van der Waals surface area contributed by atoms with Crippen molar-refractivity contribution in [3.8, 4) is 0 Å². The van der Waals surface area contributed by atoms with Crippen LogP contribution in [-0.4, -0.2) is 35.1 Å². The number of carbonyl (C=O) groups is 1. The van der Waals surface area contributed by atoms with Gasteiger partial charge in [-0.25, -0.2) is 0 Å². The molecule has 0 radical (unpaired) electrons. The molecule has 0 aromatic rings. The van der Waals surface area contributed by atoms with Crippen LogP contribution in [0.15, 0.2) is 0 Å². The molecule has 0 aliphatic carbocycles. The van der Waals surface area contributed by atoms with Gasteiger partial charge in [-0.1, -0.05) is 32.6 Å². The summed E-state index contributed by atoms with van der Waals surface area (Å²) < 4.78 is 0. The third kappa shape index (κ3) is 4.97. The van der Waals surface area contributed by atoms with Crippen LogP contribution < -0.4 is 0 Å². The Morgan fingerprint density at radius 1 is 1.31 bits per heavy atom. The van der Waals surface area contributed by atoms with E-state index in [1.54, 1.807) is 0 Å². The quantitative estimate of drug-likeness (QED) is 0.648. The third-order valence-electron chi connectivity index (χ3n) is 3.46. The van der Waals surface area contributed by atoms with E-state index in [1.165, 1.54) is 38.5 Å². The lowest BCUT2D eigenvalue weighted by Gasteiger charge is -2.22. The molecule has 0 amide bonds. The van der Waals surface area contributed by atoms with E-state index in [9.17, 15) is 4.79 Å². The van der Waals surface area contributed by atoms with Gasteiger partial charge in [-0.3, -0.25) is 9.69 Å². The minimum absolute atomic E-state index is 0.309. The molecule has 0 bridgehead atoms. The van der Waals surface area contributed by atoms with Crippen LogP contribution in [-0.2, 0) is 4.79 Å². The van der Waals surface area contributed by atoms with Crippen LogP contribution >= 0.6 is 0 Å². The van der Waals surface area contributed by atoms with E-state index < -0.39 is 5.97 Å². The number of hydrogen-bond donors (Lipinski definition) is 1. The number of aliphatic carboxylic acids is 1. The average molecular weight is 227 g/mol. The Morgan fingerprint density at radius 3 is 2.75 bits per heavy atom. The molecule has 3 heteroatoms. The molecule has 0 aromatic carbocycles. The van der Waals surface area contributed by atoms with Crippen LogP contribution in [0.4, 0.5) is 0 Å². The lowest BCUT2D eigenvalue weighted by Crippen LogP contribution is -2.32. The maximum atomic E-state index is 10.7. The Labute approximate surface area is 98.8 Å². The highest BCUT2D eigenvalue weighted by Gasteiger charge is 2.25. The van der Waals surface area contributed by atoms with Gasteiger partial charge in [0.1, 0.15) is 0 Å². The maximum Gasteiger partial charge on any atom is 0.304 e. The van der Waals surface area contributed by atoms with Gasteiger partial charge in [0.25, 0.3) is 0 Å². The smallest absolute Gasteiger partial charge is 0.304 e. The fraction of sp³-hybridized carbons (Fsp3) is 0.923. The van der Waals surface area contributed by atoms with E-state index in [-0.39, 0.29) is 0 Å². The maximum absolute atomic E-state index is 10.7. The third-order valence-corrected chi connectivity index (χ3v) is 3.46. The van der Waals surface area contributed by atoms with Crippen LogP contribution in [0.25, 0.3) is 0 Å². The van der Waals surface area contributed by atoms with E-state index in [0.29, 0.717) is 12.5 Å². The number of carboxylic acids is 1. The summed E-state index contributed by atoms with van der Waals surface area (Å²) in [5.74, 6) is -0.650.